The Labute approximate surface area is 91.1 Å². The number of aromatic carboxylic acids is 1. The molecule has 0 saturated carbocycles. The smallest absolute Gasteiger partial charge is 0.341 e. The van der Waals surface area contributed by atoms with Crippen molar-refractivity contribution in [2.24, 2.45) is 0 Å². The average Bonchev–Trinajstić information content (AvgIpc) is 2.16. The molecular formula is C11H9F2NO2. The molecule has 0 heterocycles. The van der Waals surface area contributed by atoms with Gasteiger partial charge in [-0.05, 0) is 19.2 Å². The molecule has 0 amide bonds. The van der Waals surface area contributed by atoms with Gasteiger partial charge >= 0.3 is 5.97 Å². The molecule has 84 valence electrons. The highest BCUT2D eigenvalue weighted by Crippen LogP contribution is 2.14. The second-order valence-electron chi connectivity index (χ2n) is 2.95. The molecule has 0 saturated heterocycles. The maximum atomic E-state index is 13.2. The molecule has 0 atom stereocenters. The van der Waals surface area contributed by atoms with Crippen LogP contribution in [0, 0.1) is 23.5 Å². The van der Waals surface area contributed by atoms with Crippen molar-refractivity contribution in [3.05, 3.63) is 34.9 Å². The van der Waals surface area contributed by atoms with Crippen molar-refractivity contribution < 1.29 is 18.7 Å². The zero-order chi connectivity index (χ0) is 12.1. The first-order valence-electron chi connectivity index (χ1n) is 4.42. The summed E-state index contributed by atoms with van der Waals surface area (Å²) in [6.07, 6.45) is 0. The highest BCUT2D eigenvalue weighted by Gasteiger charge is 2.16. The summed E-state index contributed by atoms with van der Waals surface area (Å²) in [7, 11) is 1.68. The number of rotatable bonds is 2. The lowest BCUT2D eigenvalue weighted by atomic mass is 10.1. The number of halogens is 2. The summed E-state index contributed by atoms with van der Waals surface area (Å²) in [4.78, 5) is 10.5. The van der Waals surface area contributed by atoms with Crippen molar-refractivity contribution in [1.29, 1.82) is 0 Å². The van der Waals surface area contributed by atoms with Crippen LogP contribution < -0.4 is 5.32 Å². The number of hydrogen-bond donors (Lipinski definition) is 2. The molecule has 0 aliphatic rings. The second kappa shape index (κ2) is 5.24. The normalized spacial score (nSPS) is 9.44. The first-order valence-corrected chi connectivity index (χ1v) is 4.42. The molecule has 0 aromatic heterocycles. The quantitative estimate of drug-likeness (QED) is 0.744. The summed E-state index contributed by atoms with van der Waals surface area (Å²) in [5, 5.41) is 11.3. The molecule has 16 heavy (non-hydrogen) atoms. The minimum Gasteiger partial charge on any atom is -0.477 e. The molecule has 0 fully saturated rings. The monoisotopic (exact) mass is 225 g/mol. The van der Waals surface area contributed by atoms with Crippen LogP contribution in [0.4, 0.5) is 8.78 Å². The number of hydrogen-bond acceptors (Lipinski definition) is 2. The lowest BCUT2D eigenvalue weighted by Gasteiger charge is -2.00. The first kappa shape index (κ1) is 12.1. The minimum atomic E-state index is -1.63. The number of nitrogens with one attached hydrogen (secondary N) is 1. The zero-order valence-corrected chi connectivity index (χ0v) is 8.47. The Kier molecular flexibility index (Phi) is 3.97. The Morgan fingerprint density at radius 2 is 2.00 bits per heavy atom. The van der Waals surface area contributed by atoms with E-state index in [2.05, 4.69) is 17.2 Å². The molecule has 1 aromatic rings. The molecule has 0 bridgehead atoms. The van der Waals surface area contributed by atoms with E-state index in [0.717, 1.165) is 12.1 Å². The Morgan fingerprint density at radius 1 is 1.44 bits per heavy atom. The van der Waals surface area contributed by atoms with Crippen LogP contribution in [0.3, 0.4) is 0 Å². The topological polar surface area (TPSA) is 49.3 Å². The molecule has 0 aliphatic heterocycles. The fourth-order valence-electron chi connectivity index (χ4n) is 1.08. The Hall–Kier alpha value is -1.93. The maximum absolute atomic E-state index is 13.2. The molecule has 5 heteroatoms. The van der Waals surface area contributed by atoms with Crippen molar-refractivity contribution >= 4 is 5.97 Å². The van der Waals surface area contributed by atoms with Gasteiger partial charge in [0.1, 0.15) is 17.2 Å². The molecule has 0 aliphatic carbocycles. The van der Waals surface area contributed by atoms with Crippen LogP contribution in [0.1, 0.15) is 15.9 Å². The van der Waals surface area contributed by atoms with Crippen molar-refractivity contribution in [3.8, 4) is 11.8 Å². The average molecular weight is 225 g/mol. The Bertz CT molecular complexity index is 452. The third-order valence-corrected chi connectivity index (χ3v) is 1.75. The van der Waals surface area contributed by atoms with Gasteiger partial charge in [-0.25, -0.2) is 13.6 Å². The summed E-state index contributed by atoms with van der Waals surface area (Å²) in [6, 6.07) is 1.80. The van der Waals surface area contributed by atoms with Gasteiger partial charge in [-0.2, -0.15) is 0 Å². The largest absolute Gasteiger partial charge is 0.477 e. The highest BCUT2D eigenvalue weighted by molar-refractivity contribution is 5.88. The molecular weight excluding hydrogens is 216 g/mol. The minimum absolute atomic E-state index is 0.107. The van der Waals surface area contributed by atoms with Gasteiger partial charge in [0.25, 0.3) is 0 Å². The van der Waals surface area contributed by atoms with Crippen LogP contribution in [0.15, 0.2) is 12.1 Å². The van der Waals surface area contributed by atoms with Crippen molar-refractivity contribution in [1.82, 2.24) is 5.32 Å². The fourth-order valence-corrected chi connectivity index (χ4v) is 1.08. The van der Waals surface area contributed by atoms with E-state index in [1.165, 1.54) is 0 Å². The van der Waals surface area contributed by atoms with E-state index >= 15 is 0 Å². The molecule has 2 N–H and O–H groups in total. The van der Waals surface area contributed by atoms with Gasteiger partial charge in [-0.15, -0.1) is 0 Å². The van der Waals surface area contributed by atoms with E-state index < -0.39 is 23.2 Å². The van der Waals surface area contributed by atoms with Gasteiger partial charge in [0.05, 0.1) is 6.54 Å². The van der Waals surface area contributed by atoms with Gasteiger partial charge in [-0.3, -0.25) is 0 Å². The summed E-state index contributed by atoms with van der Waals surface area (Å²) >= 11 is 0. The maximum Gasteiger partial charge on any atom is 0.341 e. The van der Waals surface area contributed by atoms with E-state index in [-0.39, 0.29) is 5.56 Å². The third-order valence-electron chi connectivity index (χ3n) is 1.75. The lowest BCUT2D eigenvalue weighted by molar-refractivity contribution is 0.0686. The summed E-state index contributed by atoms with van der Waals surface area (Å²) in [6.45, 7) is 0.379. The van der Waals surface area contributed by atoms with E-state index in [0.29, 0.717) is 6.54 Å². The highest BCUT2D eigenvalue weighted by atomic mass is 19.1. The number of carboxylic acids is 1. The lowest BCUT2D eigenvalue weighted by Crippen LogP contribution is -2.06. The van der Waals surface area contributed by atoms with E-state index in [1.54, 1.807) is 7.05 Å². The van der Waals surface area contributed by atoms with Crippen LogP contribution in [-0.4, -0.2) is 24.7 Å². The van der Waals surface area contributed by atoms with Crippen LogP contribution in [0.5, 0.6) is 0 Å². The molecule has 0 spiro atoms. The summed E-state index contributed by atoms with van der Waals surface area (Å²) in [5.74, 6) is 1.24. The van der Waals surface area contributed by atoms with Crippen molar-refractivity contribution in [2.75, 3.05) is 13.6 Å². The van der Waals surface area contributed by atoms with E-state index in [4.69, 9.17) is 5.11 Å². The van der Waals surface area contributed by atoms with Crippen LogP contribution >= 0.6 is 0 Å². The number of benzene rings is 1. The van der Waals surface area contributed by atoms with Crippen molar-refractivity contribution in [2.45, 2.75) is 0 Å². The third kappa shape index (κ3) is 2.78. The summed E-state index contributed by atoms with van der Waals surface area (Å²) in [5.41, 5.74) is -0.852. The van der Waals surface area contributed by atoms with Crippen LogP contribution in [0.25, 0.3) is 0 Å². The van der Waals surface area contributed by atoms with Gasteiger partial charge in [0.15, 0.2) is 0 Å². The summed E-state index contributed by atoms with van der Waals surface area (Å²) < 4.78 is 26.3. The van der Waals surface area contributed by atoms with E-state index in [1.807, 2.05) is 0 Å². The van der Waals surface area contributed by atoms with Crippen molar-refractivity contribution in [3.63, 3.8) is 0 Å². The van der Waals surface area contributed by atoms with E-state index in [9.17, 15) is 13.6 Å². The predicted molar refractivity (Wildman–Crippen MR) is 54.1 cm³/mol. The van der Waals surface area contributed by atoms with Gasteiger partial charge < -0.3 is 10.4 Å². The van der Waals surface area contributed by atoms with Gasteiger partial charge in [-0.1, -0.05) is 11.8 Å². The van der Waals surface area contributed by atoms with Crippen LogP contribution in [0.2, 0.25) is 0 Å². The van der Waals surface area contributed by atoms with Gasteiger partial charge in [0.2, 0.25) is 0 Å². The first-order chi connectivity index (χ1) is 7.56. The van der Waals surface area contributed by atoms with Gasteiger partial charge in [0, 0.05) is 5.56 Å². The standard InChI is InChI=1S/C11H9F2NO2/c1-14-4-2-3-7-5-8(12)10(11(15)16)9(13)6-7/h5-6,14H,4H2,1H3,(H,15,16). The Morgan fingerprint density at radius 3 is 2.44 bits per heavy atom. The molecule has 0 unspecified atom stereocenters. The SMILES string of the molecule is CNCC#Cc1cc(F)c(C(=O)O)c(F)c1. The molecule has 1 aromatic carbocycles. The number of carbonyl (C=O) groups is 1. The Balaban J connectivity index is 3.11. The zero-order valence-electron chi connectivity index (χ0n) is 8.47. The number of carboxylic acid groups (broad SMARTS) is 1. The molecule has 1 rings (SSSR count). The van der Waals surface area contributed by atoms with Crippen LogP contribution in [-0.2, 0) is 0 Å². The molecule has 3 nitrogen and oxygen atoms in total. The fraction of sp³-hybridized carbons (Fsp3) is 0.182. The predicted octanol–water partition coefficient (Wildman–Crippen LogP) is 1.23. The molecule has 0 radical (unpaired) electrons. The second-order valence-corrected chi connectivity index (χ2v) is 2.95.